The van der Waals surface area contributed by atoms with Crippen LogP contribution in [0.4, 0.5) is 0 Å². The van der Waals surface area contributed by atoms with Crippen molar-refractivity contribution in [2.24, 2.45) is 0 Å². The lowest BCUT2D eigenvalue weighted by molar-refractivity contribution is -0.161. The van der Waals surface area contributed by atoms with Crippen LogP contribution in [0.25, 0.3) is 0 Å². The Morgan fingerprint density at radius 1 is 0.500 bits per heavy atom. The summed E-state index contributed by atoms with van der Waals surface area (Å²) in [5, 5.41) is 9.53. The smallest absolute Gasteiger partial charge is 0.306 e. The number of esters is 2. The van der Waals surface area contributed by atoms with E-state index in [4.69, 9.17) is 9.47 Å². The van der Waals surface area contributed by atoms with Crippen molar-refractivity contribution in [1.82, 2.24) is 0 Å². The number of allylic oxidation sites excluding steroid dienone is 8. The Hall–Kier alpha value is -2.14. The number of hydrogen-bond donors (Lipinski definition) is 1. The number of ether oxygens (including phenoxy) is 2. The minimum atomic E-state index is -0.797. The third-order valence-electron chi connectivity index (χ3n) is 8.13. The highest BCUT2D eigenvalue weighted by molar-refractivity contribution is 5.70. The topological polar surface area (TPSA) is 72.8 Å². The molecule has 0 bridgehead atoms. The first-order valence-corrected chi connectivity index (χ1v) is 19.2. The van der Waals surface area contributed by atoms with Crippen LogP contribution in [-0.2, 0) is 19.1 Å². The normalized spacial score (nSPS) is 12.7. The average molecular weight is 645 g/mol. The maximum absolute atomic E-state index is 12.1. The quantitative estimate of drug-likeness (QED) is 0.0429. The highest BCUT2D eigenvalue weighted by Crippen LogP contribution is 2.14. The maximum atomic E-state index is 12.1. The number of hydrogen-bond acceptors (Lipinski definition) is 5. The van der Waals surface area contributed by atoms with Crippen molar-refractivity contribution in [3.05, 3.63) is 48.6 Å². The van der Waals surface area contributed by atoms with Crippen LogP contribution in [0.2, 0.25) is 0 Å². The molecule has 0 fully saturated rings. The third-order valence-corrected chi connectivity index (χ3v) is 8.13. The summed E-state index contributed by atoms with van der Waals surface area (Å²) >= 11 is 0. The summed E-state index contributed by atoms with van der Waals surface area (Å²) in [6.07, 6.45) is 46.0. The largest absolute Gasteiger partial charge is 0.462 e. The molecule has 266 valence electrons. The van der Waals surface area contributed by atoms with Crippen molar-refractivity contribution < 1.29 is 24.2 Å². The molecule has 0 amide bonds. The van der Waals surface area contributed by atoms with Gasteiger partial charge in [0.15, 0.2) is 6.10 Å². The SMILES string of the molecule is CCCCC/C=C\C/C=C/C/C=C/C/C=C/CCCC(=O)O[C@@H](CO)COC(=O)CCCCCCCCCCCCCCCCC. The molecular formula is C41H72O5. The summed E-state index contributed by atoms with van der Waals surface area (Å²) < 4.78 is 10.6. The van der Waals surface area contributed by atoms with Crippen LogP contribution < -0.4 is 0 Å². The standard InChI is InChI=1S/C41H72O5/c1-3-5-7-9-11-13-15-17-19-20-22-24-26-28-30-32-34-36-41(44)46-39(37-42)38-45-40(43)35-33-31-29-27-25-23-21-18-16-14-12-10-8-6-4-2/h11,13,17,19,22,24,28,30,39,42H,3-10,12,14-16,18,20-21,23,25-27,29,31-38H2,1-2H3/b13-11-,19-17+,24-22+,30-28+/t39-/m0/s1. The molecule has 0 aromatic heterocycles. The van der Waals surface area contributed by atoms with Crippen LogP contribution in [0.1, 0.15) is 181 Å². The van der Waals surface area contributed by atoms with Crippen molar-refractivity contribution in [2.75, 3.05) is 13.2 Å². The maximum Gasteiger partial charge on any atom is 0.306 e. The van der Waals surface area contributed by atoms with Gasteiger partial charge in [0.1, 0.15) is 6.61 Å². The molecule has 1 atom stereocenters. The highest BCUT2D eigenvalue weighted by atomic mass is 16.6. The van der Waals surface area contributed by atoms with Gasteiger partial charge in [0.25, 0.3) is 0 Å². The second-order valence-corrected chi connectivity index (χ2v) is 12.7. The fourth-order valence-electron chi connectivity index (χ4n) is 5.19. The van der Waals surface area contributed by atoms with Crippen molar-refractivity contribution in [1.29, 1.82) is 0 Å². The Bertz CT molecular complexity index is 782. The molecule has 0 unspecified atom stereocenters. The van der Waals surface area contributed by atoms with E-state index in [1.165, 1.54) is 103 Å². The summed E-state index contributed by atoms with van der Waals surface area (Å²) in [5.41, 5.74) is 0. The lowest BCUT2D eigenvalue weighted by Gasteiger charge is -2.15. The molecule has 0 saturated heterocycles. The molecule has 0 aliphatic rings. The van der Waals surface area contributed by atoms with Crippen molar-refractivity contribution >= 4 is 11.9 Å². The van der Waals surface area contributed by atoms with E-state index in [1.807, 2.05) is 0 Å². The Morgan fingerprint density at radius 3 is 1.37 bits per heavy atom. The lowest BCUT2D eigenvalue weighted by atomic mass is 10.0. The van der Waals surface area contributed by atoms with Gasteiger partial charge in [0.05, 0.1) is 6.61 Å². The molecule has 0 spiro atoms. The first-order chi connectivity index (χ1) is 22.6. The summed E-state index contributed by atoms with van der Waals surface area (Å²) in [7, 11) is 0. The van der Waals surface area contributed by atoms with E-state index in [-0.39, 0.29) is 31.6 Å². The Balaban J connectivity index is 3.66. The lowest BCUT2D eigenvalue weighted by Crippen LogP contribution is -2.28. The zero-order chi connectivity index (χ0) is 33.6. The molecule has 0 aliphatic heterocycles. The zero-order valence-corrected chi connectivity index (χ0v) is 30.1. The van der Waals surface area contributed by atoms with E-state index in [0.717, 1.165) is 44.9 Å². The summed E-state index contributed by atoms with van der Waals surface area (Å²) in [6, 6.07) is 0. The van der Waals surface area contributed by atoms with E-state index in [9.17, 15) is 14.7 Å². The predicted molar refractivity (Wildman–Crippen MR) is 196 cm³/mol. The van der Waals surface area contributed by atoms with Gasteiger partial charge in [0, 0.05) is 12.8 Å². The second kappa shape index (κ2) is 37.3. The number of carbonyl (C=O) groups is 2. The summed E-state index contributed by atoms with van der Waals surface area (Å²) in [6.45, 7) is 4.06. The molecule has 0 heterocycles. The molecule has 5 nitrogen and oxygen atoms in total. The van der Waals surface area contributed by atoms with Gasteiger partial charge in [0.2, 0.25) is 0 Å². The van der Waals surface area contributed by atoms with E-state index >= 15 is 0 Å². The van der Waals surface area contributed by atoms with Gasteiger partial charge in [-0.15, -0.1) is 0 Å². The van der Waals surface area contributed by atoms with Crippen molar-refractivity contribution in [2.45, 2.75) is 187 Å². The van der Waals surface area contributed by atoms with Gasteiger partial charge in [-0.2, -0.15) is 0 Å². The van der Waals surface area contributed by atoms with Gasteiger partial charge in [-0.3, -0.25) is 9.59 Å². The minimum Gasteiger partial charge on any atom is -0.462 e. The molecule has 1 N–H and O–H groups in total. The van der Waals surface area contributed by atoms with Crippen molar-refractivity contribution in [3.8, 4) is 0 Å². The number of carbonyl (C=O) groups excluding carboxylic acids is 2. The monoisotopic (exact) mass is 645 g/mol. The Kier molecular flexibility index (Phi) is 35.6. The van der Waals surface area contributed by atoms with Crippen LogP contribution in [0.15, 0.2) is 48.6 Å². The molecular weight excluding hydrogens is 572 g/mol. The van der Waals surface area contributed by atoms with Crippen LogP contribution in [-0.4, -0.2) is 36.4 Å². The van der Waals surface area contributed by atoms with E-state index in [1.54, 1.807) is 0 Å². The van der Waals surface area contributed by atoms with Crippen LogP contribution in [0, 0.1) is 0 Å². The van der Waals surface area contributed by atoms with E-state index in [2.05, 4.69) is 62.5 Å². The van der Waals surface area contributed by atoms with Gasteiger partial charge in [-0.05, 0) is 51.4 Å². The number of rotatable bonds is 34. The first-order valence-electron chi connectivity index (χ1n) is 19.2. The number of aliphatic hydroxyl groups excluding tert-OH is 1. The summed E-state index contributed by atoms with van der Waals surface area (Å²) in [4.78, 5) is 24.2. The predicted octanol–water partition coefficient (Wildman–Crippen LogP) is 11.8. The Morgan fingerprint density at radius 2 is 0.891 bits per heavy atom. The van der Waals surface area contributed by atoms with E-state index < -0.39 is 6.10 Å². The van der Waals surface area contributed by atoms with E-state index in [0.29, 0.717) is 12.8 Å². The number of aliphatic hydroxyl groups is 1. The highest BCUT2D eigenvalue weighted by Gasteiger charge is 2.15. The molecule has 5 heteroatoms. The average Bonchev–Trinajstić information content (AvgIpc) is 3.06. The third kappa shape index (κ3) is 34.7. The molecule has 46 heavy (non-hydrogen) atoms. The first kappa shape index (κ1) is 43.9. The minimum absolute atomic E-state index is 0.0863. The van der Waals surface area contributed by atoms with Gasteiger partial charge in [-0.1, -0.05) is 165 Å². The van der Waals surface area contributed by atoms with Crippen molar-refractivity contribution in [3.63, 3.8) is 0 Å². The fraction of sp³-hybridized carbons (Fsp3) is 0.756. The van der Waals surface area contributed by atoms with Gasteiger partial charge in [-0.25, -0.2) is 0 Å². The number of unbranched alkanes of at least 4 members (excludes halogenated alkanes) is 18. The van der Waals surface area contributed by atoms with Gasteiger partial charge < -0.3 is 14.6 Å². The molecule has 0 aromatic rings. The Labute approximate surface area is 284 Å². The van der Waals surface area contributed by atoms with Crippen LogP contribution >= 0.6 is 0 Å². The second-order valence-electron chi connectivity index (χ2n) is 12.7. The molecule has 0 saturated carbocycles. The molecule has 0 radical (unpaired) electrons. The summed E-state index contributed by atoms with van der Waals surface area (Å²) in [5.74, 6) is -0.655. The van der Waals surface area contributed by atoms with Crippen LogP contribution in [0.3, 0.4) is 0 Å². The molecule has 0 aliphatic carbocycles. The van der Waals surface area contributed by atoms with Gasteiger partial charge >= 0.3 is 11.9 Å². The molecule has 0 aromatic carbocycles. The fourth-order valence-corrected chi connectivity index (χ4v) is 5.19. The van der Waals surface area contributed by atoms with Crippen LogP contribution in [0.5, 0.6) is 0 Å². The molecule has 0 rings (SSSR count). The zero-order valence-electron chi connectivity index (χ0n) is 30.1.